The summed E-state index contributed by atoms with van der Waals surface area (Å²) in [6.45, 7) is 5.11. The van der Waals surface area contributed by atoms with Crippen LogP contribution in [-0.2, 0) is 4.79 Å². The molecular weight excluding hydrogens is 324 g/mol. The van der Waals surface area contributed by atoms with E-state index in [2.05, 4.69) is 15.5 Å². The van der Waals surface area contributed by atoms with Crippen LogP contribution in [0.5, 0.6) is 0 Å². The van der Waals surface area contributed by atoms with Gasteiger partial charge in [0.2, 0.25) is 5.91 Å². The van der Waals surface area contributed by atoms with Crippen molar-refractivity contribution in [3.8, 4) is 0 Å². The fourth-order valence-electron chi connectivity index (χ4n) is 2.86. The van der Waals surface area contributed by atoms with Gasteiger partial charge in [-0.2, -0.15) is 0 Å². The van der Waals surface area contributed by atoms with Crippen LogP contribution in [0.25, 0.3) is 0 Å². The first-order valence-corrected chi connectivity index (χ1v) is 8.49. The number of nitro benzene ring substituents is 1. The summed E-state index contributed by atoms with van der Waals surface area (Å²) in [5, 5.41) is 16.3. The fourth-order valence-corrected chi connectivity index (χ4v) is 2.86. The van der Waals surface area contributed by atoms with E-state index in [1.54, 1.807) is 6.07 Å². The molecule has 0 saturated carbocycles. The number of anilines is 1. The van der Waals surface area contributed by atoms with Gasteiger partial charge in [0.25, 0.3) is 11.6 Å². The van der Waals surface area contributed by atoms with Crippen LogP contribution >= 0.6 is 0 Å². The van der Waals surface area contributed by atoms with Gasteiger partial charge in [-0.1, -0.05) is 0 Å². The largest absolute Gasteiger partial charge is 0.371 e. The molecule has 136 valence electrons. The molecule has 8 heteroatoms. The number of non-ortho nitro benzene ring substituents is 1. The smallest absolute Gasteiger partial charge is 0.270 e. The molecule has 25 heavy (non-hydrogen) atoms. The van der Waals surface area contributed by atoms with Crippen molar-refractivity contribution < 1.29 is 14.5 Å². The van der Waals surface area contributed by atoms with Crippen molar-refractivity contribution in [3.05, 3.63) is 33.9 Å². The van der Waals surface area contributed by atoms with E-state index in [0.717, 1.165) is 32.4 Å². The van der Waals surface area contributed by atoms with Crippen LogP contribution in [0.3, 0.4) is 0 Å². The minimum absolute atomic E-state index is 0.0221. The Hall–Kier alpha value is -2.64. The Balaban J connectivity index is 2.19. The van der Waals surface area contributed by atoms with E-state index in [-0.39, 0.29) is 29.7 Å². The summed E-state index contributed by atoms with van der Waals surface area (Å²) in [6.07, 6.45) is 3.18. The zero-order chi connectivity index (χ0) is 18.4. The molecule has 1 aliphatic heterocycles. The first kappa shape index (κ1) is 18.7. The monoisotopic (exact) mass is 348 g/mol. The maximum absolute atomic E-state index is 12.5. The van der Waals surface area contributed by atoms with Crippen molar-refractivity contribution in [3.63, 3.8) is 0 Å². The standard InChI is InChI=1S/C17H24N4O4/c1-12(2)19-16(22)11-18-17(23)14-10-13(21(24)25)6-7-15(14)20-8-4-3-5-9-20/h6-7,10,12H,3-5,8-9,11H2,1-2H3,(H,18,23)(H,19,22). The lowest BCUT2D eigenvalue weighted by atomic mass is 10.1. The molecule has 0 aromatic heterocycles. The second-order valence-corrected chi connectivity index (χ2v) is 6.41. The van der Waals surface area contributed by atoms with Crippen LogP contribution in [-0.4, -0.2) is 42.4 Å². The minimum atomic E-state index is -0.526. The molecule has 0 spiro atoms. The van der Waals surface area contributed by atoms with Gasteiger partial charge in [0.15, 0.2) is 0 Å². The molecule has 2 rings (SSSR count). The van der Waals surface area contributed by atoms with E-state index in [0.29, 0.717) is 5.69 Å². The summed E-state index contributed by atoms with van der Waals surface area (Å²) in [6, 6.07) is 4.28. The molecule has 2 amide bonds. The van der Waals surface area contributed by atoms with Crippen molar-refractivity contribution in [2.75, 3.05) is 24.5 Å². The molecule has 1 heterocycles. The van der Waals surface area contributed by atoms with Crippen molar-refractivity contribution in [1.82, 2.24) is 10.6 Å². The second-order valence-electron chi connectivity index (χ2n) is 6.41. The van der Waals surface area contributed by atoms with E-state index in [9.17, 15) is 19.7 Å². The number of nitrogens with one attached hydrogen (secondary N) is 2. The van der Waals surface area contributed by atoms with Crippen LogP contribution in [0.2, 0.25) is 0 Å². The average molecular weight is 348 g/mol. The summed E-state index contributed by atoms with van der Waals surface area (Å²) in [5.74, 6) is -0.781. The van der Waals surface area contributed by atoms with Gasteiger partial charge in [-0.05, 0) is 39.2 Å². The number of carbonyl (C=O) groups is 2. The van der Waals surface area contributed by atoms with Gasteiger partial charge in [-0.15, -0.1) is 0 Å². The van der Waals surface area contributed by atoms with Crippen LogP contribution in [0, 0.1) is 10.1 Å². The van der Waals surface area contributed by atoms with E-state index in [4.69, 9.17) is 0 Å². The molecule has 0 radical (unpaired) electrons. The molecule has 2 N–H and O–H groups in total. The second kappa shape index (κ2) is 8.46. The number of nitrogens with zero attached hydrogens (tertiary/aromatic N) is 2. The number of hydrogen-bond acceptors (Lipinski definition) is 5. The Kier molecular flexibility index (Phi) is 6.32. The van der Waals surface area contributed by atoms with Crippen LogP contribution in [0.4, 0.5) is 11.4 Å². The lowest BCUT2D eigenvalue weighted by molar-refractivity contribution is -0.384. The van der Waals surface area contributed by atoms with Gasteiger partial charge in [0.1, 0.15) is 0 Å². The molecule has 8 nitrogen and oxygen atoms in total. The number of rotatable bonds is 6. The normalized spacial score (nSPS) is 14.3. The highest BCUT2D eigenvalue weighted by molar-refractivity contribution is 6.02. The molecule has 1 saturated heterocycles. The Morgan fingerprint density at radius 3 is 2.52 bits per heavy atom. The molecule has 1 fully saturated rings. The number of nitro groups is 1. The highest BCUT2D eigenvalue weighted by Gasteiger charge is 2.22. The Morgan fingerprint density at radius 2 is 1.92 bits per heavy atom. The predicted molar refractivity (Wildman–Crippen MR) is 94.8 cm³/mol. The van der Waals surface area contributed by atoms with Gasteiger partial charge in [-0.3, -0.25) is 19.7 Å². The molecule has 1 aromatic carbocycles. The van der Waals surface area contributed by atoms with E-state index in [1.165, 1.54) is 12.1 Å². The number of amides is 2. The maximum atomic E-state index is 12.5. The molecule has 0 atom stereocenters. The summed E-state index contributed by atoms with van der Waals surface area (Å²) in [4.78, 5) is 36.8. The topological polar surface area (TPSA) is 105 Å². The molecule has 1 aliphatic rings. The summed E-state index contributed by atoms with van der Waals surface area (Å²) >= 11 is 0. The average Bonchev–Trinajstić information content (AvgIpc) is 2.59. The van der Waals surface area contributed by atoms with Gasteiger partial charge in [0, 0.05) is 31.3 Å². The third-order valence-corrected chi connectivity index (χ3v) is 3.99. The van der Waals surface area contributed by atoms with Crippen molar-refractivity contribution in [2.24, 2.45) is 0 Å². The Labute approximate surface area is 146 Å². The van der Waals surface area contributed by atoms with Gasteiger partial charge in [0.05, 0.1) is 22.7 Å². The third-order valence-electron chi connectivity index (χ3n) is 3.99. The van der Waals surface area contributed by atoms with E-state index >= 15 is 0 Å². The minimum Gasteiger partial charge on any atom is -0.371 e. The quantitative estimate of drug-likeness (QED) is 0.603. The summed E-state index contributed by atoms with van der Waals surface area (Å²) in [5.41, 5.74) is 0.762. The Morgan fingerprint density at radius 1 is 1.24 bits per heavy atom. The number of hydrogen-bond donors (Lipinski definition) is 2. The highest BCUT2D eigenvalue weighted by atomic mass is 16.6. The number of piperidine rings is 1. The maximum Gasteiger partial charge on any atom is 0.270 e. The lowest BCUT2D eigenvalue weighted by Gasteiger charge is -2.30. The van der Waals surface area contributed by atoms with Gasteiger partial charge < -0.3 is 15.5 Å². The molecular formula is C17H24N4O4. The third kappa shape index (κ3) is 5.17. The van der Waals surface area contributed by atoms with Crippen molar-refractivity contribution in [2.45, 2.75) is 39.2 Å². The molecule has 1 aromatic rings. The predicted octanol–water partition coefficient (Wildman–Crippen LogP) is 1.84. The molecule has 0 unspecified atom stereocenters. The summed E-state index contributed by atoms with van der Waals surface area (Å²) in [7, 11) is 0. The summed E-state index contributed by atoms with van der Waals surface area (Å²) < 4.78 is 0. The van der Waals surface area contributed by atoms with Crippen molar-refractivity contribution in [1.29, 1.82) is 0 Å². The molecule has 0 aliphatic carbocycles. The van der Waals surface area contributed by atoms with Crippen LogP contribution in [0.15, 0.2) is 18.2 Å². The van der Waals surface area contributed by atoms with E-state index < -0.39 is 10.8 Å². The number of benzene rings is 1. The zero-order valence-electron chi connectivity index (χ0n) is 14.6. The molecule has 0 bridgehead atoms. The lowest BCUT2D eigenvalue weighted by Crippen LogP contribution is -2.40. The number of carbonyl (C=O) groups excluding carboxylic acids is 2. The van der Waals surface area contributed by atoms with Gasteiger partial charge in [-0.25, -0.2) is 0 Å². The first-order chi connectivity index (χ1) is 11.9. The fraction of sp³-hybridized carbons (Fsp3) is 0.529. The first-order valence-electron chi connectivity index (χ1n) is 8.49. The Bertz CT molecular complexity index is 654. The highest BCUT2D eigenvalue weighted by Crippen LogP contribution is 2.28. The van der Waals surface area contributed by atoms with Crippen LogP contribution in [0.1, 0.15) is 43.5 Å². The van der Waals surface area contributed by atoms with Crippen LogP contribution < -0.4 is 15.5 Å². The van der Waals surface area contributed by atoms with Crippen molar-refractivity contribution >= 4 is 23.2 Å². The van der Waals surface area contributed by atoms with Gasteiger partial charge >= 0.3 is 0 Å². The zero-order valence-corrected chi connectivity index (χ0v) is 14.6. The SMILES string of the molecule is CC(C)NC(=O)CNC(=O)c1cc([N+](=O)[O-])ccc1N1CCCCC1. The van der Waals surface area contributed by atoms with E-state index in [1.807, 2.05) is 13.8 Å².